The van der Waals surface area contributed by atoms with E-state index < -0.39 is 10.0 Å². The van der Waals surface area contributed by atoms with Crippen molar-refractivity contribution in [2.45, 2.75) is 24.5 Å². The topological polar surface area (TPSA) is 77.3 Å². The van der Waals surface area contributed by atoms with Crippen molar-refractivity contribution in [2.24, 2.45) is 7.05 Å². The molecule has 1 fully saturated rings. The smallest absolute Gasteiger partial charge is 0.262 e. The maximum absolute atomic E-state index is 12.5. The molecule has 22 heavy (non-hydrogen) atoms. The fourth-order valence-corrected chi connectivity index (χ4v) is 3.87. The number of hydrogen-bond acceptors (Lipinski definition) is 5. The zero-order chi connectivity index (χ0) is 15.7. The van der Waals surface area contributed by atoms with Gasteiger partial charge >= 0.3 is 0 Å². The van der Waals surface area contributed by atoms with Gasteiger partial charge in [-0.25, -0.2) is 18.4 Å². The molecule has 2 aromatic rings. The molecule has 1 atom stereocenters. The fourth-order valence-electron chi connectivity index (χ4n) is 2.42. The van der Waals surface area contributed by atoms with Gasteiger partial charge in [-0.2, -0.15) is 4.31 Å². The molecule has 0 aliphatic carbocycles. The largest absolute Gasteiger partial charge is 0.473 e. The summed E-state index contributed by atoms with van der Waals surface area (Å²) < 4.78 is 33.8. The predicted octanol–water partition coefficient (Wildman–Crippen LogP) is 0.966. The van der Waals surface area contributed by atoms with E-state index in [2.05, 4.69) is 9.97 Å². The quantitative estimate of drug-likeness (QED) is 0.838. The lowest BCUT2D eigenvalue weighted by molar-refractivity contribution is 0.206. The van der Waals surface area contributed by atoms with Crippen LogP contribution in [0.25, 0.3) is 0 Å². The van der Waals surface area contributed by atoms with Gasteiger partial charge < -0.3 is 9.30 Å². The van der Waals surface area contributed by atoms with Gasteiger partial charge in [0, 0.05) is 31.5 Å². The third kappa shape index (κ3) is 2.97. The molecule has 2 aromatic heterocycles. The van der Waals surface area contributed by atoms with E-state index in [0.717, 1.165) is 5.69 Å². The molecule has 0 amide bonds. The van der Waals surface area contributed by atoms with Gasteiger partial charge in [-0.1, -0.05) is 6.07 Å². The minimum Gasteiger partial charge on any atom is -0.473 e. The molecule has 8 heteroatoms. The Morgan fingerprint density at radius 2 is 2.18 bits per heavy atom. The summed E-state index contributed by atoms with van der Waals surface area (Å²) in [7, 11) is -1.81. The first-order valence-corrected chi connectivity index (χ1v) is 8.47. The van der Waals surface area contributed by atoms with Crippen molar-refractivity contribution in [2.75, 3.05) is 13.1 Å². The van der Waals surface area contributed by atoms with Crippen LogP contribution in [0.1, 0.15) is 12.1 Å². The molecular weight excluding hydrogens is 304 g/mol. The summed E-state index contributed by atoms with van der Waals surface area (Å²) >= 11 is 0. The molecular formula is C14H18N4O3S. The van der Waals surface area contributed by atoms with E-state index in [1.165, 1.54) is 16.8 Å². The molecule has 0 saturated carbocycles. The molecule has 0 bridgehead atoms. The molecule has 1 unspecified atom stereocenters. The van der Waals surface area contributed by atoms with Crippen LogP contribution in [-0.2, 0) is 17.1 Å². The molecule has 0 N–H and O–H groups in total. The fraction of sp³-hybridized carbons (Fsp3) is 0.429. The Balaban J connectivity index is 1.69. The van der Waals surface area contributed by atoms with E-state index in [4.69, 9.17) is 4.74 Å². The van der Waals surface area contributed by atoms with Crippen LogP contribution in [0, 0.1) is 6.92 Å². The highest BCUT2D eigenvalue weighted by Crippen LogP contribution is 2.22. The third-order valence-corrected chi connectivity index (χ3v) is 5.29. The van der Waals surface area contributed by atoms with Gasteiger partial charge in [0.2, 0.25) is 5.88 Å². The van der Waals surface area contributed by atoms with Crippen molar-refractivity contribution in [3.8, 4) is 5.88 Å². The van der Waals surface area contributed by atoms with Gasteiger partial charge in [0.05, 0.1) is 12.9 Å². The molecule has 3 rings (SSSR count). The Hall–Kier alpha value is -1.93. The van der Waals surface area contributed by atoms with Gasteiger partial charge in [-0.3, -0.25) is 0 Å². The van der Waals surface area contributed by atoms with Crippen molar-refractivity contribution < 1.29 is 13.2 Å². The molecule has 0 aromatic carbocycles. The molecule has 3 heterocycles. The normalized spacial score (nSPS) is 19.5. The maximum atomic E-state index is 12.5. The Bertz CT molecular complexity index is 772. The van der Waals surface area contributed by atoms with Gasteiger partial charge in [0.25, 0.3) is 10.0 Å². The molecule has 1 saturated heterocycles. The Morgan fingerprint density at radius 1 is 1.36 bits per heavy atom. The number of nitrogens with zero attached hydrogens (tertiary/aromatic N) is 4. The lowest BCUT2D eigenvalue weighted by Gasteiger charge is -2.15. The number of ether oxygens (including phenoxy) is 1. The number of imidazole rings is 1. The zero-order valence-corrected chi connectivity index (χ0v) is 13.3. The Morgan fingerprint density at radius 3 is 2.86 bits per heavy atom. The van der Waals surface area contributed by atoms with Crippen molar-refractivity contribution in [1.29, 1.82) is 0 Å². The summed E-state index contributed by atoms with van der Waals surface area (Å²) in [5.41, 5.74) is 0.869. The van der Waals surface area contributed by atoms with Gasteiger partial charge in [-0.05, 0) is 19.4 Å². The highest BCUT2D eigenvalue weighted by atomic mass is 32.2. The van der Waals surface area contributed by atoms with Crippen LogP contribution in [0.2, 0.25) is 0 Å². The third-order valence-electron chi connectivity index (χ3n) is 3.54. The van der Waals surface area contributed by atoms with E-state index in [-0.39, 0.29) is 11.1 Å². The highest BCUT2D eigenvalue weighted by molar-refractivity contribution is 7.89. The second-order valence-corrected chi connectivity index (χ2v) is 7.27. The number of pyridine rings is 1. The summed E-state index contributed by atoms with van der Waals surface area (Å²) in [4.78, 5) is 8.21. The highest BCUT2D eigenvalue weighted by Gasteiger charge is 2.35. The SMILES string of the molecule is Cc1cccc(OC2CCN(S(=O)(=O)c3cn(C)cn3)C2)n1. The monoisotopic (exact) mass is 322 g/mol. The summed E-state index contributed by atoms with van der Waals surface area (Å²) in [6.07, 6.45) is 3.44. The predicted molar refractivity (Wildman–Crippen MR) is 80.0 cm³/mol. The van der Waals surface area contributed by atoms with Crippen molar-refractivity contribution in [3.63, 3.8) is 0 Å². The second-order valence-electron chi connectivity index (χ2n) is 5.39. The molecule has 0 radical (unpaired) electrons. The van der Waals surface area contributed by atoms with Gasteiger partial charge in [0.1, 0.15) is 6.10 Å². The maximum Gasteiger partial charge on any atom is 0.262 e. The minimum absolute atomic E-state index is 0.0735. The van der Waals surface area contributed by atoms with Crippen molar-refractivity contribution in [3.05, 3.63) is 36.4 Å². The van der Waals surface area contributed by atoms with E-state index in [1.54, 1.807) is 17.7 Å². The van der Waals surface area contributed by atoms with Crippen LogP contribution >= 0.6 is 0 Å². The second kappa shape index (κ2) is 5.69. The summed E-state index contributed by atoms with van der Waals surface area (Å²) in [5.74, 6) is 0.530. The molecule has 1 aliphatic rings. The van der Waals surface area contributed by atoms with Crippen LogP contribution in [0.5, 0.6) is 5.88 Å². The van der Waals surface area contributed by atoms with E-state index >= 15 is 0 Å². The van der Waals surface area contributed by atoms with E-state index in [9.17, 15) is 8.42 Å². The number of hydrogen-bond donors (Lipinski definition) is 0. The molecule has 7 nitrogen and oxygen atoms in total. The number of aryl methyl sites for hydroxylation is 2. The molecule has 118 valence electrons. The first-order valence-electron chi connectivity index (χ1n) is 7.03. The van der Waals surface area contributed by atoms with Crippen LogP contribution < -0.4 is 4.74 Å². The van der Waals surface area contributed by atoms with Gasteiger partial charge in [-0.15, -0.1) is 0 Å². The minimum atomic E-state index is -3.55. The number of sulfonamides is 1. The zero-order valence-electron chi connectivity index (χ0n) is 12.5. The first kappa shape index (κ1) is 15.0. The van der Waals surface area contributed by atoms with E-state index in [0.29, 0.717) is 25.4 Å². The Labute approximate surface area is 129 Å². The summed E-state index contributed by atoms with van der Waals surface area (Å²) in [6.45, 7) is 2.63. The van der Waals surface area contributed by atoms with Crippen LogP contribution in [-0.4, -0.2) is 46.5 Å². The van der Waals surface area contributed by atoms with Gasteiger partial charge in [0.15, 0.2) is 5.03 Å². The summed E-state index contributed by atoms with van der Waals surface area (Å²) in [5, 5.41) is 0.0735. The molecule has 1 aliphatic heterocycles. The first-order chi connectivity index (χ1) is 10.4. The van der Waals surface area contributed by atoms with Crippen molar-refractivity contribution in [1.82, 2.24) is 18.8 Å². The van der Waals surface area contributed by atoms with Crippen LogP contribution in [0.4, 0.5) is 0 Å². The lowest BCUT2D eigenvalue weighted by atomic mass is 10.3. The average molecular weight is 322 g/mol. The van der Waals surface area contributed by atoms with Crippen LogP contribution in [0.15, 0.2) is 35.7 Å². The number of rotatable bonds is 4. The van der Waals surface area contributed by atoms with Crippen molar-refractivity contribution >= 4 is 10.0 Å². The standard InChI is InChI=1S/C14H18N4O3S/c1-11-4-3-5-13(16-11)21-12-6-7-18(8-12)22(19,20)14-9-17(2)10-15-14/h3-5,9-10,12H,6-8H2,1-2H3. The summed E-state index contributed by atoms with van der Waals surface area (Å²) in [6, 6.07) is 5.54. The van der Waals surface area contributed by atoms with E-state index in [1.807, 2.05) is 19.1 Å². The number of aromatic nitrogens is 3. The average Bonchev–Trinajstić information content (AvgIpc) is 3.08. The Kier molecular flexibility index (Phi) is 3.88. The van der Waals surface area contributed by atoms with Crippen LogP contribution in [0.3, 0.4) is 0 Å². The lowest BCUT2D eigenvalue weighted by Crippen LogP contribution is -2.31. The molecule has 0 spiro atoms.